The summed E-state index contributed by atoms with van der Waals surface area (Å²) in [5.74, 6) is 0.102. The highest BCUT2D eigenvalue weighted by Gasteiger charge is 2.16. The van der Waals surface area contributed by atoms with E-state index in [0.29, 0.717) is 19.4 Å². The average Bonchev–Trinajstić information content (AvgIpc) is 3.25. The van der Waals surface area contributed by atoms with Gasteiger partial charge in [0, 0.05) is 43.8 Å². The molecule has 2 N–H and O–H groups in total. The number of nitrogens with zero attached hydrogens (tertiary/aromatic N) is 3. The van der Waals surface area contributed by atoms with Gasteiger partial charge in [-0.15, -0.1) is 11.3 Å². The fourth-order valence-corrected chi connectivity index (χ4v) is 4.69. The smallest absolute Gasteiger partial charge is 0.220 e. The molecule has 0 spiro atoms. The lowest BCUT2D eigenvalue weighted by Gasteiger charge is -2.03. The molecule has 3 heterocycles. The van der Waals surface area contributed by atoms with Gasteiger partial charge >= 0.3 is 0 Å². The van der Waals surface area contributed by atoms with Crippen LogP contribution in [0.25, 0.3) is 0 Å². The average molecular weight is 359 g/mol. The number of aromatic nitrogens is 3. The van der Waals surface area contributed by atoms with Crippen LogP contribution in [0.1, 0.15) is 46.2 Å². The summed E-state index contributed by atoms with van der Waals surface area (Å²) in [7, 11) is 0. The summed E-state index contributed by atoms with van der Waals surface area (Å²) in [5.41, 5.74) is 3.54. The normalized spacial score (nSPS) is 16.3. The molecule has 0 unspecified atom stereocenters. The van der Waals surface area contributed by atoms with Crippen molar-refractivity contribution in [2.24, 2.45) is 0 Å². The second-order valence-electron chi connectivity index (χ2n) is 6.81. The maximum Gasteiger partial charge on any atom is 0.220 e. The van der Waals surface area contributed by atoms with Crippen molar-refractivity contribution in [1.82, 2.24) is 25.4 Å². The summed E-state index contributed by atoms with van der Waals surface area (Å²) < 4.78 is 2.08. The minimum atomic E-state index is 0.102. The van der Waals surface area contributed by atoms with Crippen molar-refractivity contribution in [2.45, 2.75) is 58.0 Å². The molecule has 1 aliphatic heterocycles. The largest absolute Gasteiger partial charge is 0.356 e. The highest BCUT2D eigenvalue weighted by atomic mass is 32.1. The Morgan fingerprint density at radius 1 is 1.32 bits per heavy atom. The zero-order valence-electron chi connectivity index (χ0n) is 14.5. The lowest BCUT2D eigenvalue weighted by atomic mass is 10.2. The lowest BCUT2D eigenvalue weighted by Crippen LogP contribution is -2.25. The summed E-state index contributed by atoms with van der Waals surface area (Å²) >= 11 is 1.82. The number of carbonyl (C=O) groups excluding carboxylic acids is 1. The Labute approximate surface area is 152 Å². The van der Waals surface area contributed by atoms with Crippen molar-refractivity contribution in [3.05, 3.63) is 33.0 Å². The van der Waals surface area contributed by atoms with E-state index in [0.717, 1.165) is 49.6 Å². The monoisotopic (exact) mass is 359 g/mol. The Hall–Kier alpha value is -1.73. The Morgan fingerprint density at radius 3 is 3.20 bits per heavy atom. The molecule has 0 bridgehead atoms. The predicted molar refractivity (Wildman–Crippen MR) is 97.7 cm³/mol. The zero-order valence-corrected chi connectivity index (χ0v) is 15.3. The molecule has 4 rings (SSSR count). The molecule has 2 aromatic rings. The summed E-state index contributed by atoms with van der Waals surface area (Å²) in [4.78, 5) is 18.2. The standard InChI is InChI=1S/C18H25N5OS/c24-17(20-9-7-18-21-15-3-1-4-16(15)25-18)6-5-13-11-14-12-19-8-2-10-23(14)22-13/h11,19H,1-10,12H2,(H,20,24). The third-order valence-corrected chi connectivity index (χ3v) is 6.07. The summed E-state index contributed by atoms with van der Waals surface area (Å²) in [5, 5.41) is 12.2. The van der Waals surface area contributed by atoms with E-state index in [4.69, 9.17) is 0 Å². The van der Waals surface area contributed by atoms with Crippen molar-refractivity contribution in [3.63, 3.8) is 0 Å². The van der Waals surface area contributed by atoms with Crippen molar-refractivity contribution < 1.29 is 4.79 Å². The highest BCUT2D eigenvalue weighted by molar-refractivity contribution is 7.11. The molecule has 1 amide bonds. The second kappa shape index (κ2) is 7.66. The molecule has 6 nitrogen and oxygen atoms in total. The number of carbonyl (C=O) groups is 1. The Bertz CT molecular complexity index is 706. The molecular weight excluding hydrogens is 334 g/mol. The summed E-state index contributed by atoms with van der Waals surface area (Å²) in [6, 6.07) is 2.13. The molecule has 25 heavy (non-hydrogen) atoms. The van der Waals surface area contributed by atoms with Crippen LogP contribution in [0.15, 0.2) is 6.07 Å². The first-order chi connectivity index (χ1) is 12.3. The number of aryl methyl sites for hydroxylation is 4. The number of nitrogens with one attached hydrogen (secondary N) is 2. The fraction of sp³-hybridized carbons (Fsp3) is 0.611. The molecule has 2 aliphatic rings. The number of fused-ring (bicyclic) bond motifs is 2. The Morgan fingerprint density at radius 2 is 2.28 bits per heavy atom. The maximum atomic E-state index is 12.1. The number of amides is 1. The van der Waals surface area contributed by atoms with Crippen LogP contribution in [0.2, 0.25) is 0 Å². The Kier molecular flexibility index (Phi) is 5.12. The molecule has 0 saturated heterocycles. The summed E-state index contributed by atoms with van der Waals surface area (Å²) in [6.45, 7) is 3.56. The first-order valence-corrected chi connectivity index (χ1v) is 10.1. The van der Waals surface area contributed by atoms with Gasteiger partial charge in [0.05, 0.1) is 22.1 Å². The SMILES string of the molecule is O=C(CCc1cc2n(n1)CCCNC2)NCCc1nc2c(s1)CCC2. The van der Waals surface area contributed by atoms with Gasteiger partial charge in [-0.05, 0) is 38.3 Å². The van der Waals surface area contributed by atoms with Gasteiger partial charge in [0.15, 0.2) is 0 Å². The molecule has 0 aromatic carbocycles. The third kappa shape index (κ3) is 4.10. The van der Waals surface area contributed by atoms with E-state index in [1.165, 1.54) is 29.1 Å². The van der Waals surface area contributed by atoms with Crippen LogP contribution in [0.4, 0.5) is 0 Å². The van der Waals surface area contributed by atoms with Gasteiger partial charge < -0.3 is 10.6 Å². The topological polar surface area (TPSA) is 71.8 Å². The third-order valence-electron chi connectivity index (χ3n) is 4.85. The zero-order chi connectivity index (χ0) is 17.1. The van der Waals surface area contributed by atoms with E-state index < -0.39 is 0 Å². The molecule has 1 aliphatic carbocycles. The molecule has 0 radical (unpaired) electrons. The molecule has 0 atom stereocenters. The molecule has 2 aromatic heterocycles. The van der Waals surface area contributed by atoms with Gasteiger partial charge in [-0.1, -0.05) is 0 Å². The van der Waals surface area contributed by atoms with Crippen molar-refractivity contribution in [2.75, 3.05) is 13.1 Å². The maximum absolute atomic E-state index is 12.1. The molecule has 0 saturated carbocycles. The van der Waals surface area contributed by atoms with E-state index in [9.17, 15) is 4.79 Å². The highest BCUT2D eigenvalue weighted by Crippen LogP contribution is 2.27. The van der Waals surface area contributed by atoms with Crippen LogP contribution in [0.5, 0.6) is 0 Å². The molecule has 7 heteroatoms. The molecule has 134 valence electrons. The van der Waals surface area contributed by atoms with Crippen molar-refractivity contribution in [3.8, 4) is 0 Å². The molecular formula is C18H25N5OS. The number of thiazole rings is 1. The quantitative estimate of drug-likeness (QED) is 0.822. The first kappa shape index (κ1) is 16.7. The van der Waals surface area contributed by atoms with Crippen LogP contribution in [0.3, 0.4) is 0 Å². The van der Waals surface area contributed by atoms with E-state index in [1.807, 2.05) is 11.3 Å². The van der Waals surface area contributed by atoms with Gasteiger partial charge in [-0.2, -0.15) is 5.10 Å². The van der Waals surface area contributed by atoms with Crippen molar-refractivity contribution in [1.29, 1.82) is 0 Å². The van der Waals surface area contributed by atoms with Crippen LogP contribution >= 0.6 is 11.3 Å². The number of hydrogen-bond acceptors (Lipinski definition) is 5. The first-order valence-electron chi connectivity index (χ1n) is 9.28. The predicted octanol–water partition coefficient (Wildman–Crippen LogP) is 1.61. The summed E-state index contributed by atoms with van der Waals surface area (Å²) in [6.07, 6.45) is 6.71. The van der Waals surface area contributed by atoms with Crippen LogP contribution in [-0.4, -0.2) is 33.8 Å². The van der Waals surface area contributed by atoms with Gasteiger partial charge in [0.25, 0.3) is 0 Å². The number of hydrogen-bond donors (Lipinski definition) is 2. The van der Waals surface area contributed by atoms with Crippen LogP contribution in [0, 0.1) is 0 Å². The van der Waals surface area contributed by atoms with E-state index in [1.54, 1.807) is 0 Å². The minimum absolute atomic E-state index is 0.102. The fourth-order valence-electron chi connectivity index (χ4n) is 3.53. The van der Waals surface area contributed by atoms with E-state index >= 15 is 0 Å². The molecule has 0 fully saturated rings. The van der Waals surface area contributed by atoms with Crippen LogP contribution in [-0.2, 0) is 43.6 Å². The minimum Gasteiger partial charge on any atom is -0.356 e. The van der Waals surface area contributed by atoms with Gasteiger partial charge in [-0.3, -0.25) is 9.48 Å². The van der Waals surface area contributed by atoms with Gasteiger partial charge in [0.2, 0.25) is 5.91 Å². The number of rotatable bonds is 6. The van der Waals surface area contributed by atoms with Crippen molar-refractivity contribution >= 4 is 17.2 Å². The second-order valence-corrected chi connectivity index (χ2v) is 7.98. The van der Waals surface area contributed by atoms with Gasteiger partial charge in [0.1, 0.15) is 0 Å². The van der Waals surface area contributed by atoms with E-state index in [-0.39, 0.29) is 5.91 Å². The van der Waals surface area contributed by atoms with Gasteiger partial charge in [-0.25, -0.2) is 4.98 Å². The van der Waals surface area contributed by atoms with E-state index in [2.05, 4.69) is 31.5 Å². The van der Waals surface area contributed by atoms with Crippen LogP contribution < -0.4 is 10.6 Å². The Balaban J connectivity index is 1.20. The lowest BCUT2D eigenvalue weighted by molar-refractivity contribution is -0.121.